The van der Waals surface area contributed by atoms with Crippen molar-refractivity contribution in [1.29, 1.82) is 0 Å². The van der Waals surface area contributed by atoms with Crippen molar-refractivity contribution in [3.63, 3.8) is 0 Å². The minimum Gasteiger partial charge on any atom is -0.478 e. The second-order valence-corrected chi connectivity index (χ2v) is 4.65. The summed E-state index contributed by atoms with van der Waals surface area (Å²) in [6.07, 6.45) is -12.7. The smallest absolute Gasteiger partial charge is 0.471 e. The first-order valence-corrected chi connectivity index (χ1v) is 6.13. The van der Waals surface area contributed by atoms with Gasteiger partial charge >= 0.3 is 18.1 Å². The molecule has 23 heavy (non-hydrogen) atoms. The predicted octanol–water partition coefficient (Wildman–Crippen LogP) is -2.52. The number of hydrogen-bond acceptors (Lipinski definition) is 7. The first kappa shape index (κ1) is 19.2. The van der Waals surface area contributed by atoms with Gasteiger partial charge in [0.15, 0.2) is 6.10 Å². The van der Waals surface area contributed by atoms with Crippen molar-refractivity contribution in [1.82, 2.24) is 5.32 Å². The average Bonchev–Trinajstić information content (AvgIpc) is 2.45. The Bertz CT molecular complexity index is 494. The Hall–Kier alpha value is -1.89. The molecule has 1 aliphatic rings. The highest BCUT2D eigenvalue weighted by molar-refractivity contribution is 5.85. The average molecular weight is 345 g/mol. The van der Waals surface area contributed by atoms with Crippen LogP contribution in [0.25, 0.3) is 0 Å². The molecule has 5 atom stereocenters. The summed E-state index contributed by atoms with van der Waals surface area (Å²) in [7, 11) is 0. The Morgan fingerprint density at radius 3 is 2.35 bits per heavy atom. The van der Waals surface area contributed by atoms with Crippen molar-refractivity contribution in [2.75, 3.05) is 6.61 Å². The summed E-state index contributed by atoms with van der Waals surface area (Å²) >= 11 is 0. The number of hydrogen-bond donors (Lipinski definition) is 6. The van der Waals surface area contributed by atoms with Crippen LogP contribution in [0.4, 0.5) is 13.2 Å². The van der Waals surface area contributed by atoms with E-state index >= 15 is 0 Å². The van der Waals surface area contributed by atoms with Gasteiger partial charge in [-0.05, 0) is 6.08 Å². The van der Waals surface area contributed by atoms with Crippen LogP contribution < -0.4 is 5.32 Å². The van der Waals surface area contributed by atoms with Gasteiger partial charge in [0.05, 0.1) is 12.6 Å². The normalized spacial score (nSPS) is 27.4. The lowest BCUT2D eigenvalue weighted by molar-refractivity contribution is -0.179. The Morgan fingerprint density at radius 1 is 1.35 bits per heavy atom. The number of aliphatic carboxylic acids is 1. The van der Waals surface area contributed by atoms with Crippen LogP contribution in [0.2, 0.25) is 0 Å². The van der Waals surface area contributed by atoms with E-state index in [9.17, 15) is 38.1 Å². The van der Waals surface area contributed by atoms with E-state index in [1.165, 1.54) is 5.32 Å². The number of amides is 1. The number of carboxylic acids is 1. The lowest BCUT2D eigenvalue weighted by Gasteiger charge is -2.38. The van der Waals surface area contributed by atoms with E-state index < -0.39 is 60.9 Å². The van der Waals surface area contributed by atoms with Crippen molar-refractivity contribution in [3.05, 3.63) is 11.8 Å². The highest BCUT2D eigenvalue weighted by Crippen LogP contribution is 2.24. The number of aliphatic hydroxyl groups excluding tert-OH is 4. The van der Waals surface area contributed by atoms with Gasteiger partial charge in [-0.3, -0.25) is 4.79 Å². The lowest BCUT2D eigenvalue weighted by Crippen LogP contribution is -2.61. The minimum atomic E-state index is -5.30. The second kappa shape index (κ2) is 7.12. The van der Waals surface area contributed by atoms with E-state index in [4.69, 9.17) is 14.9 Å². The summed E-state index contributed by atoms with van der Waals surface area (Å²) in [5.74, 6) is -5.06. The van der Waals surface area contributed by atoms with Crippen LogP contribution >= 0.6 is 0 Å². The quantitative estimate of drug-likeness (QED) is 0.319. The molecule has 1 aliphatic heterocycles. The number of carboxylic acid groups (broad SMARTS) is 1. The molecule has 0 radical (unpaired) electrons. The molecule has 0 aromatic rings. The van der Waals surface area contributed by atoms with E-state index in [0.29, 0.717) is 6.08 Å². The van der Waals surface area contributed by atoms with E-state index in [1.54, 1.807) is 0 Å². The summed E-state index contributed by atoms with van der Waals surface area (Å²) in [5, 5.41) is 47.7. The van der Waals surface area contributed by atoms with Crippen LogP contribution in [0, 0.1) is 0 Å². The highest BCUT2D eigenvalue weighted by atomic mass is 19.4. The van der Waals surface area contributed by atoms with Crippen LogP contribution in [0.1, 0.15) is 0 Å². The highest BCUT2D eigenvalue weighted by Gasteiger charge is 2.47. The van der Waals surface area contributed by atoms with Crippen molar-refractivity contribution in [3.8, 4) is 0 Å². The van der Waals surface area contributed by atoms with E-state index in [0.717, 1.165) is 0 Å². The van der Waals surface area contributed by atoms with E-state index in [1.807, 2.05) is 0 Å². The fraction of sp³-hybridized carbons (Fsp3) is 0.636. The van der Waals surface area contributed by atoms with Crippen LogP contribution in [0.5, 0.6) is 0 Å². The standard InChI is InChI=1S/C11H14F3NO8/c12-11(13,14)10(22)15-6-3(17)1-5(9(20)21)23-8(6)7(19)4(18)2-16/h1,3-4,6-8,16-19H,2H2,(H,15,22)(H,20,21)/t3-,4+,6+,7+,8+/m0/s1. The number of nitrogens with one attached hydrogen (secondary N) is 1. The number of ether oxygens (including phenoxy) is 1. The third-order valence-electron chi connectivity index (χ3n) is 2.99. The number of alkyl halides is 3. The molecular formula is C11H14F3NO8. The predicted molar refractivity (Wildman–Crippen MR) is 63.7 cm³/mol. The van der Waals surface area contributed by atoms with Crippen LogP contribution in [0.3, 0.4) is 0 Å². The van der Waals surface area contributed by atoms with E-state index in [2.05, 4.69) is 0 Å². The SMILES string of the molecule is O=C(O)C1=C[C@H](O)[C@@H](NC(=O)C(F)(F)F)[C@H]([C@H](O)[C@H](O)CO)O1. The number of carbonyl (C=O) groups is 2. The Kier molecular flexibility index (Phi) is 5.93. The summed E-state index contributed by atoms with van der Waals surface area (Å²) in [4.78, 5) is 21.8. The molecule has 12 heteroatoms. The molecule has 1 amide bonds. The molecule has 1 heterocycles. The third-order valence-corrected chi connectivity index (χ3v) is 2.99. The van der Waals surface area contributed by atoms with Gasteiger partial charge < -0.3 is 35.6 Å². The molecule has 0 aliphatic carbocycles. The number of rotatable bonds is 5. The fourth-order valence-electron chi connectivity index (χ4n) is 1.84. The maximum absolute atomic E-state index is 12.3. The third kappa shape index (κ3) is 4.54. The van der Waals surface area contributed by atoms with Gasteiger partial charge in [-0.1, -0.05) is 0 Å². The van der Waals surface area contributed by atoms with Gasteiger partial charge in [0.1, 0.15) is 18.3 Å². The summed E-state index contributed by atoms with van der Waals surface area (Å²) in [6.45, 7) is -1.02. The van der Waals surface area contributed by atoms with E-state index in [-0.39, 0.29) is 0 Å². The molecule has 0 saturated heterocycles. The first-order valence-electron chi connectivity index (χ1n) is 6.13. The minimum absolute atomic E-state index is 0.526. The molecule has 0 unspecified atom stereocenters. The largest absolute Gasteiger partial charge is 0.478 e. The molecule has 132 valence electrons. The number of halogens is 3. The lowest BCUT2D eigenvalue weighted by atomic mass is 9.94. The second-order valence-electron chi connectivity index (χ2n) is 4.65. The molecule has 9 nitrogen and oxygen atoms in total. The first-order chi connectivity index (χ1) is 10.5. The van der Waals surface area contributed by atoms with Crippen molar-refractivity contribution in [2.45, 2.75) is 36.6 Å². The zero-order chi connectivity index (χ0) is 17.9. The zero-order valence-electron chi connectivity index (χ0n) is 11.3. The van der Waals surface area contributed by atoms with Gasteiger partial charge in [-0.15, -0.1) is 0 Å². The monoisotopic (exact) mass is 345 g/mol. The van der Waals surface area contributed by atoms with Crippen molar-refractivity contribution < 1.29 is 53.0 Å². The molecule has 6 N–H and O–H groups in total. The van der Waals surface area contributed by atoms with Gasteiger partial charge in [0, 0.05) is 0 Å². The molecule has 0 fully saturated rings. The van der Waals surface area contributed by atoms with Crippen LogP contribution in [-0.2, 0) is 14.3 Å². The summed E-state index contributed by atoms with van der Waals surface area (Å²) in [6, 6.07) is -1.91. The van der Waals surface area contributed by atoms with Gasteiger partial charge in [-0.25, -0.2) is 4.79 Å². The Labute approximate surface area is 126 Å². The summed E-state index contributed by atoms with van der Waals surface area (Å²) in [5.41, 5.74) is 0. The molecule has 1 rings (SSSR count). The van der Waals surface area contributed by atoms with Crippen LogP contribution in [0.15, 0.2) is 11.8 Å². The number of carbonyl (C=O) groups excluding carboxylic acids is 1. The zero-order valence-corrected chi connectivity index (χ0v) is 11.3. The maximum atomic E-state index is 12.3. The topological polar surface area (TPSA) is 157 Å². The Morgan fingerprint density at radius 2 is 1.91 bits per heavy atom. The fourth-order valence-corrected chi connectivity index (χ4v) is 1.84. The maximum Gasteiger partial charge on any atom is 0.471 e. The molecule has 0 saturated carbocycles. The Balaban J connectivity index is 3.10. The van der Waals surface area contributed by atoms with Crippen molar-refractivity contribution in [2.24, 2.45) is 0 Å². The van der Waals surface area contributed by atoms with Gasteiger partial charge in [0.25, 0.3) is 0 Å². The van der Waals surface area contributed by atoms with Crippen molar-refractivity contribution >= 4 is 11.9 Å². The van der Waals surface area contributed by atoms with Gasteiger partial charge in [-0.2, -0.15) is 13.2 Å². The molecule has 0 bridgehead atoms. The molecule has 0 aromatic heterocycles. The molecule has 0 aromatic carbocycles. The molecule has 0 spiro atoms. The molecular weight excluding hydrogens is 331 g/mol. The number of aliphatic hydroxyl groups is 4. The summed E-state index contributed by atoms with van der Waals surface area (Å²) < 4.78 is 41.6. The van der Waals surface area contributed by atoms with Gasteiger partial charge in [0.2, 0.25) is 5.76 Å². The van der Waals surface area contributed by atoms with Crippen LogP contribution in [-0.4, -0.2) is 80.7 Å².